The fourth-order valence-electron chi connectivity index (χ4n) is 1.05. The average molecular weight is 590 g/mol. The molecule has 0 atom stereocenters. The third-order valence-corrected chi connectivity index (χ3v) is 4.33. The number of hydrogen-bond donors (Lipinski definition) is 4. The predicted octanol–water partition coefficient (Wildman–Crippen LogP) is 2.56. The van der Waals surface area contributed by atoms with Crippen LogP contribution in [0.2, 0.25) is 0 Å². The fraction of sp³-hybridized carbons (Fsp3) is 1.00. The Hall–Kier alpha value is 2.46. The van der Waals surface area contributed by atoms with Crippen molar-refractivity contribution in [3.8, 4) is 0 Å². The van der Waals surface area contributed by atoms with E-state index in [1.54, 1.807) is 0 Å². The molecule has 0 rings (SSSR count). The molecule has 0 saturated heterocycles. The maximum Gasteiger partial charge on any atom is 0.0162 e. The molecule has 0 bridgehead atoms. The first-order valence-electron chi connectivity index (χ1n) is 5.97. The highest BCUT2D eigenvalue weighted by molar-refractivity contribution is 8.93. The minimum atomic E-state index is 0. The third-order valence-electron chi connectivity index (χ3n) is 1.92. The van der Waals surface area contributed by atoms with Gasteiger partial charge in [-0.25, -0.2) is 0 Å². The average Bonchev–Trinajstić information content (AvgIpc) is 2.31. The first-order chi connectivity index (χ1) is 7.91. The lowest BCUT2D eigenvalue weighted by Crippen LogP contribution is -2.21. The monoisotopic (exact) mass is 586 g/mol. The van der Waals surface area contributed by atoms with Crippen LogP contribution in [0, 0.1) is 0 Å². The van der Waals surface area contributed by atoms with Gasteiger partial charge in [0.15, 0.2) is 0 Å². The number of nitrogens with two attached hydrogens (primary N) is 2. The predicted molar refractivity (Wildman–Crippen MR) is 119 cm³/mol. The van der Waals surface area contributed by atoms with Crippen molar-refractivity contribution in [1.29, 1.82) is 0 Å². The van der Waals surface area contributed by atoms with Gasteiger partial charge in [0.2, 0.25) is 0 Å². The van der Waals surface area contributed by atoms with Crippen molar-refractivity contribution in [2.45, 2.75) is 12.8 Å². The van der Waals surface area contributed by atoms with Gasteiger partial charge in [0.1, 0.15) is 0 Å². The van der Waals surface area contributed by atoms with Crippen LogP contribution in [0.25, 0.3) is 0 Å². The normalized spacial score (nSPS) is 8.70. The maximum atomic E-state index is 5.39. The van der Waals surface area contributed by atoms with Gasteiger partial charge in [-0.3, -0.25) is 0 Å². The Labute approximate surface area is 174 Å². The van der Waals surface area contributed by atoms with Gasteiger partial charge in [0, 0.05) is 24.6 Å². The van der Waals surface area contributed by atoms with E-state index in [0.29, 0.717) is 0 Å². The van der Waals surface area contributed by atoms with E-state index in [1.165, 1.54) is 0 Å². The lowest BCUT2D eigenvalue weighted by atomic mass is 10.4. The van der Waals surface area contributed by atoms with Crippen molar-refractivity contribution in [2.75, 3.05) is 50.8 Å². The Kier molecular flexibility index (Phi) is 56.3. The molecule has 130 valence electrons. The largest absolute Gasteiger partial charge is 0.330 e. The zero-order chi connectivity index (χ0) is 11.9. The van der Waals surface area contributed by atoms with E-state index >= 15 is 0 Å². The number of rotatable bonds is 13. The van der Waals surface area contributed by atoms with Crippen LogP contribution in [0.4, 0.5) is 0 Å². The van der Waals surface area contributed by atoms with Crippen molar-refractivity contribution < 1.29 is 0 Å². The van der Waals surface area contributed by atoms with Gasteiger partial charge in [-0.15, -0.1) is 67.9 Å². The van der Waals surface area contributed by atoms with E-state index in [0.717, 1.165) is 63.6 Å². The van der Waals surface area contributed by atoms with Crippen molar-refractivity contribution in [2.24, 2.45) is 11.5 Å². The SMILES string of the molecule is Br.Br.Br.Br.NCCCNCCSSCCNCCCN. The summed E-state index contributed by atoms with van der Waals surface area (Å²) in [7, 11) is 3.87. The van der Waals surface area contributed by atoms with Crippen molar-refractivity contribution >= 4 is 89.5 Å². The summed E-state index contributed by atoms with van der Waals surface area (Å²) in [4.78, 5) is 0. The second-order valence-electron chi connectivity index (χ2n) is 3.43. The Balaban J connectivity index is -0.000000187. The quantitative estimate of drug-likeness (QED) is 0.196. The van der Waals surface area contributed by atoms with Crippen LogP contribution in [0.3, 0.4) is 0 Å². The molecule has 4 nitrogen and oxygen atoms in total. The lowest BCUT2D eigenvalue weighted by Gasteiger charge is -2.04. The minimum absolute atomic E-state index is 0. The molecule has 0 saturated carbocycles. The molecule has 0 spiro atoms. The van der Waals surface area contributed by atoms with Gasteiger partial charge in [-0.1, -0.05) is 21.6 Å². The van der Waals surface area contributed by atoms with E-state index in [9.17, 15) is 0 Å². The number of nitrogens with one attached hydrogen (secondary N) is 2. The summed E-state index contributed by atoms with van der Waals surface area (Å²) in [6.45, 7) is 5.81. The molecule has 0 amide bonds. The molecule has 10 heteroatoms. The summed E-state index contributed by atoms with van der Waals surface area (Å²) in [5.41, 5.74) is 10.8. The molecule has 0 aromatic carbocycles. The lowest BCUT2D eigenvalue weighted by molar-refractivity contribution is 0.682. The van der Waals surface area contributed by atoms with Crippen molar-refractivity contribution in [3.63, 3.8) is 0 Å². The molecule has 0 fully saturated rings. The third kappa shape index (κ3) is 32.4. The summed E-state index contributed by atoms with van der Waals surface area (Å²) in [5, 5.41) is 6.72. The van der Waals surface area contributed by atoms with Crippen LogP contribution >= 0.6 is 89.5 Å². The second kappa shape index (κ2) is 33.2. The Bertz CT molecular complexity index is 128. The van der Waals surface area contributed by atoms with Gasteiger partial charge in [0.25, 0.3) is 0 Å². The molecular formula is C10H30Br4N4S2. The first kappa shape index (κ1) is 33.9. The van der Waals surface area contributed by atoms with Gasteiger partial charge in [-0.05, 0) is 39.0 Å². The summed E-state index contributed by atoms with van der Waals surface area (Å²) in [5.74, 6) is 2.33. The first-order valence-corrected chi connectivity index (χ1v) is 8.46. The topological polar surface area (TPSA) is 76.1 Å². The molecule has 0 aromatic heterocycles. The smallest absolute Gasteiger partial charge is 0.0162 e. The highest BCUT2D eigenvalue weighted by atomic mass is 79.9. The number of hydrogen-bond acceptors (Lipinski definition) is 6. The molecule has 0 aliphatic heterocycles. The van der Waals surface area contributed by atoms with Gasteiger partial charge >= 0.3 is 0 Å². The van der Waals surface area contributed by atoms with Crippen LogP contribution < -0.4 is 22.1 Å². The standard InChI is InChI=1S/C10H26N4S2.4BrH/c11-3-1-5-13-7-9-15-16-10-8-14-6-2-4-12;;;;/h13-14H,1-12H2;4*1H. The van der Waals surface area contributed by atoms with E-state index < -0.39 is 0 Å². The summed E-state index contributed by atoms with van der Waals surface area (Å²) in [6, 6.07) is 0. The summed E-state index contributed by atoms with van der Waals surface area (Å²) in [6.07, 6.45) is 2.14. The van der Waals surface area contributed by atoms with Gasteiger partial charge in [0.05, 0.1) is 0 Å². The molecule has 0 aliphatic rings. The van der Waals surface area contributed by atoms with Crippen LogP contribution in [0.1, 0.15) is 12.8 Å². The maximum absolute atomic E-state index is 5.39. The van der Waals surface area contributed by atoms with Crippen LogP contribution in [0.15, 0.2) is 0 Å². The van der Waals surface area contributed by atoms with E-state index in [2.05, 4.69) is 10.6 Å². The van der Waals surface area contributed by atoms with E-state index in [4.69, 9.17) is 11.5 Å². The van der Waals surface area contributed by atoms with Gasteiger partial charge < -0.3 is 22.1 Å². The van der Waals surface area contributed by atoms with Crippen LogP contribution in [-0.4, -0.2) is 50.8 Å². The van der Waals surface area contributed by atoms with Crippen LogP contribution in [-0.2, 0) is 0 Å². The molecule has 0 aliphatic carbocycles. The molecule has 20 heavy (non-hydrogen) atoms. The highest BCUT2D eigenvalue weighted by Crippen LogP contribution is 2.19. The zero-order valence-corrected chi connectivity index (χ0v) is 20.2. The molecule has 0 radical (unpaired) electrons. The van der Waals surface area contributed by atoms with Crippen molar-refractivity contribution in [3.05, 3.63) is 0 Å². The Morgan fingerprint density at radius 1 is 0.600 bits per heavy atom. The van der Waals surface area contributed by atoms with Gasteiger partial charge in [-0.2, -0.15) is 0 Å². The molecule has 0 unspecified atom stereocenters. The second-order valence-corrected chi connectivity index (χ2v) is 6.13. The van der Waals surface area contributed by atoms with Crippen LogP contribution in [0.5, 0.6) is 0 Å². The Morgan fingerprint density at radius 2 is 0.950 bits per heavy atom. The van der Waals surface area contributed by atoms with E-state index in [1.807, 2.05) is 21.6 Å². The molecule has 0 heterocycles. The Morgan fingerprint density at radius 3 is 1.25 bits per heavy atom. The zero-order valence-electron chi connectivity index (χ0n) is 11.7. The number of halogens is 4. The fourth-order valence-corrected chi connectivity index (χ4v) is 2.95. The highest BCUT2D eigenvalue weighted by Gasteiger charge is 1.91. The molecule has 6 N–H and O–H groups in total. The van der Waals surface area contributed by atoms with E-state index in [-0.39, 0.29) is 67.9 Å². The molecular weight excluding hydrogens is 560 g/mol. The molecule has 0 aromatic rings. The summed E-state index contributed by atoms with van der Waals surface area (Å²) >= 11 is 0. The van der Waals surface area contributed by atoms with Crippen molar-refractivity contribution in [1.82, 2.24) is 10.6 Å². The minimum Gasteiger partial charge on any atom is -0.330 e. The summed E-state index contributed by atoms with van der Waals surface area (Å²) < 4.78 is 0.